The molecule has 0 aliphatic rings. The van der Waals surface area contributed by atoms with Gasteiger partial charge in [-0.15, -0.1) is 10.2 Å². The van der Waals surface area contributed by atoms with Crippen LogP contribution in [-0.4, -0.2) is 38.2 Å². The third kappa shape index (κ3) is 3.58. The van der Waals surface area contributed by atoms with E-state index in [0.29, 0.717) is 30.1 Å². The highest BCUT2D eigenvalue weighted by Crippen LogP contribution is 2.14. The van der Waals surface area contributed by atoms with E-state index in [1.54, 1.807) is 48.2 Å². The zero-order valence-electron chi connectivity index (χ0n) is 15.0. The summed E-state index contributed by atoms with van der Waals surface area (Å²) in [6.45, 7) is 3.82. The van der Waals surface area contributed by atoms with Crippen molar-refractivity contribution in [3.8, 4) is 11.4 Å². The molecule has 0 aliphatic carbocycles. The fourth-order valence-corrected chi connectivity index (χ4v) is 2.67. The molecule has 0 bridgehead atoms. The van der Waals surface area contributed by atoms with E-state index in [-0.39, 0.29) is 23.2 Å². The summed E-state index contributed by atoms with van der Waals surface area (Å²) in [7, 11) is 1.59. The number of hydrogen-bond acceptors (Lipinski definition) is 5. The van der Waals surface area contributed by atoms with Gasteiger partial charge in [-0.1, -0.05) is 0 Å². The monoisotopic (exact) mass is 355 g/mol. The van der Waals surface area contributed by atoms with Gasteiger partial charge < -0.3 is 10.1 Å². The molecule has 0 radical (unpaired) electrons. The Morgan fingerprint density at radius 3 is 2.58 bits per heavy atom. The second-order valence-corrected chi connectivity index (χ2v) is 6.20. The summed E-state index contributed by atoms with van der Waals surface area (Å²) in [4.78, 5) is 24.5. The molecule has 0 spiro atoms. The number of carbonyl (C=O) groups is 1. The van der Waals surface area contributed by atoms with Gasteiger partial charge in [0.25, 0.3) is 0 Å². The molecule has 1 N–H and O–H groups in total. The molecule has 8 nitrogen and oxygen atoms in total. The van der Waals surface area contributed by atoms with E-state index in [4.69, 9.17) is 4.74 Å². The van der Waals surface area contributed by atoms with Crippen LogP contribution in [0, 0.1) is 0 Å². The van der Waals surface area contributed by atoms with E-state index in [0.717, 1.165) is 0 Å². The minimum Gasteiger partial charge on any atom is -0.497 e. The molecule has 0 saturated carbocycles. The summed E-state index contributed by atoms with van der Waals surface area (Å²) >= 11 is 0. The average Bonchev–Trinajstić information content (AvgIpc) is 3.04. The standard InChI is InChI=1S/C18H21N5O3/c1-12(2)19-16(24)9-8-15-20-21-17-18(25)22(10-11-23(15)17)13-4-6-14(26-3)7-5-13/h4-7,10-12H,8-9H2,1-3H3,(H,19,24). The Hall–Kier alpha value is -3.16. The molecule has 1 aromatic carbocycles. The summed E-state index contributed by atoms with van der Waals surface area (Å²) in [6.07, 6.45) is 4.10. The average molecular weight is 355 g/mol. The first-order valence-electron chi connectivity index (χ1n) is 8.38. The number of aryl methyl sites for hydroxylation is 1. The predicted molar refractivity (Wildman–Crippen MR) is 96.7 cm³/mol. The van der Waals surface area contributed by atoms with Crippen LogP contribution < -0.4 is 15.6 Å². The van der Waals surface area contributed by atoms with Crippen molar-refractivity contribution in [2.45, 2.75) is 32.7 Å². The molecule has 136 valence electrons. The smallest absolute Gasteiger partial charge is 0.300 e. The molecule has 3 rings (SSSR count). The van der Waals surface area contributed by atoms with Crippen molar-refractivity contribution in [3.63, 3.8) is 0 Å². The fourth-order valence-electron chi connectivity index (χ4n) is 2.67. The van der Waals surface area contributed by atoms with E-state index >= 15 is 0 Å². The summed E-state index contributed by atoms with van der Waals surface area (Å²) in [5, 5.41) is 10.9. The number of fused-ring (bicyclic) bond motifs is 1. The topological polar surface area (TPSA) is 90.5 Å². The van der Waals surface area contributed by atoms with Crippen molar-refractivity contribution in [2.75, 3.05) is 7.11 Å². The Kier molecular flexibility index (Phi) is 5.01. The molecule has 2 heterocycles. The zero-order chi connectivity index (χ0) is 18.7. The number of carbonyl (C=O) groups excluding carboxylic acids is 1. The molecule has 2 aromatic heterocycles. The molecule has 8 heteroatoms. The highest BCUT2D eigenvalue weighted by Gasteiger charge is 2.13. The van der Waals surface area contributed by atoms with Crippen LogP contribution in [0.15, 0.2) is 41.5 Å². The van der Waals surface area contributed by atoms with E-state index in [2.05, 4.69) is 15.5 Å². The minimum atomic E-state index is -0.275. The first-order chi connectivity index (χ1) is 12.5. The molecule has 0 unspecified atom stereocenters. The van der Waals surface area contributed by atoms with Gasteiger partial charge in [0, 0.05) is 37.0 Å². The van der Waals surface area contributed by atoms with Crippen LogP contribution in [0.5, 0.6) is 5.75 Å². The number of benzene rings is 1. The quantitative estimate of drug-likeness (QED) is 0.721. The predicted octanol–water partition coefficient (Wildman–Crippen LogP) is 1.35. The number of amides is 1. The first-order valence-corrected chi connectivity index (χ1v) is 8.38. The summed E-state index contributed by atoms with van der Waals surface area (Å²) in [5.74, 6) is 1.24. The van der Waals surface area contributed by atoms with Gasteiger partial charge in [0.05, 0.1) is 7.11 Å². The lowest BCUT2D eigenvalue weighted by Gasteiger charge is -2.08. The van der Waals surface area contributed by atoms with Crippen molar-refractivity contribution in [1.82, 2.24) is 24.5 Å². The van der Waals surface area contributed by atoms with Crippen LogP contribution in [0.3, 0.4) is 0 Å². The Bertz CT molecular complexity index is 973. The van der Waals surface area contributed by atoms with Crippen molar-refractivity contribution in [2.24, 2.45) is 0 Å². The zero-order valence-corrected chi connectivity index (χ0v) is 15.0. The van der Waals surface area contributed by atoms with Crippen LogP contribution in [0.2, 0.25) is 0 Å². The second kappa shape index (κ2) is 7.38. The lowest BCUT2D eigenvalue weighted by atomic mass is 10.2. The Balaban J connectivity index is 1.86. The van der Waals surface area contributed by atoms with Crippen LogP contribution in [0.1, 0.15) is 26.1 Å². The van der Waals surface area contributed by atoms with Crippen LogP contribution in [0.4, 0.5) is 0 Å². The molecule has 26 heavy (non-hydrogen) atoms. The van der Waals surface area contributed by atoms with Gasteiger partial charge in [-0.2, -0.15) is 0 Å². The lowest BCUT2D eigenvalue weighted by Crippen LogP contribution is -2.30. The summed E-state index contributed by atoms with van der Waals surface area (Å²) < 4.78 is 8.26. The van der Waals surface area contributed by atoms with Crippen LogP contribution >= 0.6 is 0 Å². The number of ether oxygens (including phenoxy) is 1. The van der Waals surface area contributed by atoms with Crippen LogP contribution in [-0.2, 0) is 11.2 Å². The molecule has 0 atom stereocenters. The third-order valence-electron chi connectivity index (χ3n) is 3.92. The molecule has 1 amide bonds. The fraction of sp³-hybridized carbons (Fsp3) is 0.333. The molecular formula is C18H21N5O3. The molecule has 0 fully saturated rings. The highest BCUT2D eigenvalue weighted by molar-refractivity contribution is 5.76. The van der Waals surface area contributed by atoms with Gasteiger partial charge in [-0.25, -0.2) is 0 Å². The number of aromatic nitrogens is 4. The molecule has 3 aromatic rings. The number of methoxy groups -OCH3 is 1. The highest BCUT2D eigenvalue weighted by atomic mass is 16.5. The largest absolute Gasteiger partial charge is 0.497 e. The maximum absolute atomic E-state index is 12.7. The maximum atomic E-state index is 12.7. The Morgan fingerprint density at radius 2 is 1.92 bits per heavy atom. The number of nitrogens with zero attached hydrogens (tertiary/aromatic N) is 4. The minimum absolute atomic E-state index is 0.0525. The SMILES string of the molecule is COc1ccc(-n2ccn3c(CCC(=O)NC(C)C)nnc3c2=O)cc1. The second-order valence-electron chi connectivity index (χ2n) is 6.20. The molecule has 0 saturated heterocycles. The number of nitrogens with one attached hydrogen (secondary N) is 1. The van der Waals surface area contributed by atoms with Crippen LogP contribution in [0.25, 0.3) is 11.3 Å². The van der Waals surface area contributed by atoms with E-state index in [9.17, 15) is 9.59 Å². The maximum Gasteiger partial charge on any atom is 0.300 e. The molecular weight excluding hydrogens is 334 g/mol. The van der Waals surface area contributed by atoms with Gasteiger partial charge in [-0.05, 0) is 38.1 Å². The van der Waals surface area contributed by atoms with Crippen molar-refractivity contribution in [3.05, 3.63) is 52.8 Å². The van der Waals surface area contributed by atoms with Crippen molar-refractivity contribution in [1.29, 1.82) is 0 Å². The van der Waals surface area contributed by atoms with Crippen molar-refractivity contribution < 1.29 is 9.53 Å². The van der Waals surface area contributed by atoms with E-state index in [1.807, 2.05) is 13.8 Å². The van der Waals surface area contributed by atoms with Gasteiger partial charge >= 0.3 is 5.56 Å². The summed E-state index contributed by atoms with van der Waals surface area (Å²) in [6, 6.07) is 7.26. The Labute approximate surface area is 150 Å². The summed E-state index contributed by atoms with van der Waals surface area (Å²) in [5.41, 5.74) is 0.657. The van der Waals surface area contributed by atoms with Gasteiger partial charge in [0.15, 0.2) is 0 Å². The normalized spacial score (nSPS) is 11.1. The number of hydrogen-bond donors (Lipinski definition) is 1. The number of rotatable bonds is 6. The Morgan fingerprint density at radius 1 is 1.19 bits per heavy atom. The third-order valence-corrected chi connectivity index (χ3v) is 3.92. The lowest BCUT2D eigenvalue weighted by molar-refractivity contribution is -0.121. The van der Waals surface area contributed by atoms with E-state index in [1.165, 1.54) is 4.57 Å². The van der Waals surface area contributed by atoms with Gasteiger partial charge in [0.1, 0.15) is 11.6 Å². The van der Waals surface area contributed by atoms with Crippen molar-refractivity contribution >= 4 is 11.6 Å². The van der Waals surface area contributed by atoms with E-state index < -0.39 is 0 Å². The van der Waals surface area contributed by atoms with Gasteiger partial charge in [0.2, 0.25) is 11.6 Å². The first kappa shape index (κ1) is 17.7. The molecule has 0 aliphatic heterocycles. The van der Waals surface area contributed by atoms with Gasteiger partial charge in [-0.3, -0.25) is 18.6 Å².